The van der Waals surface area contributed by atoms with Crippen LogP contribution < -0.4 is 15.5 Å². The zero-order valence-electron chi connectivity index (χ0n) is 21.2. The molecule has 2 fully saturated rings. The average Bonchev–Trinajstić information content (AvgIpc) is 3.56. The van der Waals surface area contributed by atoms with Gasteiger partial charge in [-0.2, -0.15) is 0 Å². The van der Waals surface area contributed by atoms with Crippen LogP contribution in [0.2, 0.25) is 0 Å². The molecule has 2 N–H and O–H groups in total. The molecule has 2 aliphatic rings. The lowest BCUT2D eigenvalue weighted by Gasteiger charge is -2.27. The maximum atomic E-state index is 13.1. The summed E-state index contributed by atoms with van der Waals surface area (Å²) < 4.78 is 16.0. The van der Waals surface area contributed by atoms with Crippen molar-refractivity contribution in [3.05, 3.63) is 39.9 Å². The molecule has 2 amide bonds. The fourth-order valence-corrected chi connectivity index (χ4v) is 5.21. The molecule has 1 aromatic heterocycles. The van der Waals surface area contributed by atoms with E-state index in [1.54, 1.807) is 19.6 Å². The van der Waals surface area contributed by atoms with E-state index in [2.05, 4.69) is 25.4 Å². The van der Waals surface area contributed by atoms with Crippen molar-refractivity contribution < 1.29 is 23.8 Å². The summed E-state index contributed by atoms with van der Waals surface area (Å²) in [6.45, 7) is 8.22. The molecule has 2 aliphatic heterocycles. The molecule has 2 saturated heterocycles. The van der Waals surface area contributed by atoms with Gasteiger partial charge in [0.25, 0.3) is 11.8 Å². The predicted molar refractivity (Wildman–Crippen MR) is 139 cm³/mol. The normalized spacial score (nSPS) is 18.4. The monoisotopic (exact) mass is 517 g/mol. The first kappa shape index (κ1) is 26.5. The van der Waals surface area contributed by atoms with Crippen molar-refractivity contribution in [1.82, 2.24) is 15.2 Å². The van der Waals surface area contributed by atoms with Gasteiger partial charge in [0.1, 0.15) is 5.69 Å². The van der Waals surface area contributed by atoms with Crippen LogP contribution in [0, 0.1) is 6.92 Å². The van der Waals surface area contributed by atoms with Crippen LogP contribution in [0.15, 0.2) is 17.5 Å². The quantitative estimate of drug-likeness (QED) is 0.462. The summed E-state index contributed by atoms with van der Waals surface area (Å²) in [5.74, 6) is -0.599. The number of aromatic nitrogens is 1. The summed E-state index contributed by atoms with van der Waals surface area (Å²) >= 11 is 1.44. The van der Waals surface area contributed by atoms with Gasteiger partial charge in [-0.15, -0.1) is 11.3 Å². The maximum Gasteiger partial charge on any atom is 0.275 e. The fraction of sp³-hybridized carbons (Fsp3) is 0.560. The molecule has 0 saturated carbocycles. The molecular weight excluding hydrogens is 482 g/mol. The van der Waals surface area contributed by atoms with E-state index >= 15 is 0 Å². The Morgan fingerprint density at radius 1 is 1.19 bits per heavy atom. The molecule has 2 aromatic rings. The third kappa shape index (κ3) is 6.60. The number of morpholine rings is 1. The van der Waals surface area contributed by atoms with Gasteiger partial charge in [0, 0.05) is 58.9 Å². The van der Waals surface area contributed by atoms with Crippen LogP contribution in [-0.4, -0.2) is 94.6 Å². The zero-order valence-corrected chi connectivity index (χ0v) is 22.0. The zero-order chi connectivity index (χ0) is 25.5. The topological polar surface area (TPSA) is 105 Å². The molecule has 4 rings (SSSR count). The number of carbonyl (C=O) groups excluding carboxylic acids is 2. The second-order valence-electron chi connectivity index (χ2n) is 9.02. The van der Waals surface area contributed by atoms with Gasteiger partial charge in [-0.3, -0.25) is 14.5 Å². The highest BCUT2D eigenvalue weighted by molar-refractivity contribution is 7.14. The van der Waals surface area contributed by atoms with Gasteiger partial charge in [-0.25, -0.2) is 4.98 Å². The van der Waals surface area contributed by atoms with Gasteiger partial charge in [0.15, 0.2) is 5.13 Å². The molecule has 0 radical (unpaired) electrons. The summed E-state index contributed by atoms with van der Waals surface area (Å²) in [7, 11) is 3.30. The number of ether oxygens (including phenoxy) is 3. The van der Waals surface area contributed by atoms with E-state index in [0.29, 0.717) is 43.3 Å². The van der Waals surface area contributed by atoms with Gasteiger partial charge < -0.3 is 29.7 Å². The SMILES string of the molecule is COCCNC(=O)c1cc(CN2CCOCC2)c(C)cc1NC(=O)c1csc(N2CC[C@H](OC)C2)n1. The molecule has 11 heteroatoms. The summed E-state index contributed by atoms with van der Waals surface area (Å²) in [6, 6.07) is 3.75. The molecule has 1 atom stereocenters. The standard InChI is InChI=1S/C25H35N5O5S/c1-17-12-21(27-24(32)22-16-36-25(28-22)30-6-4-19(15-30)34-3)20(23(31)26-5-9-33-2)13-18(17)14-29-7-10-35-11-8-29/h12-13,16,19H,4-11,14-15H2,1-3H3,(H,26,31)(H,27,32)/t19-/m0/s1. The predicted octanol–water partition coefficient (Wildman–Crippen LogP) is 2.14. The Balaban J connectivity index is 1.52. The Labute approximate surface area is 215 Å². The summed E-state index contributed by atoms with van der Waals surface area (Å²) in [6.07, 6.45) is 1.12. The fourth-order valence-electron chi connectivity index (χ4n) is 4.37. The van der Waals surface area contributed by atoms with Gasteiger partial charge in [-0.05, 0) is 36.6 Å². The number of aryl methyl sites for hydroxylation is 1. The number of rotatable bonds is 10. The third-order valence-electron chi connectivity index (χ3n) is 6.53. The molecule has 0 aliphatic carbocycles. The van der Waals surface area contributed by atoms with E-state index in [1.165, 1.54) is 11.3 Å². The second-order valence-corrected chi connectivity index (χ2v) is 9.86. The highest BCUT2D eigenvalue weighted by Gasteiger charge is 2.26. The van der Waals surface area contributed by atoms with Crippen molar-refractivity contribution in [2.45, 2.75) is 26.0 Å². The Hall–Kier alpha value is -2.57. The number of benzene rings is 1. The molecule has 0 unspecified atom stereocenters. The smallest absolute Gasteiger partial charge is 0.275 e. The van der Waals surface area contributed by atoms with E-state index < -0.39 is 0 Å². The molecular formula is C25H35N5O5S. The Morgan fingerprint density at radius 2 is 2.00 bits per heavy atom. The maximum absolute atomic E-state index is 13.1. The van der Waals surface area contributed by atoms with Gasteiger partial charge >= 0.3 is 0 Å². The van der Waals surface area contributed by atoms with Crippen LogP contribution in [-0.2, 0) is 20.8 Å². The molecule has 196 valence electrons. The Kier molecular flexibility index (Phi) is 9.27. The number of nitrogens with zero attached hydrogens (tertiary/aromatic N) is 3. The minimum Gasteiger partial charge on any atom is -0.383 e. The first-order chi connectivity index (χ1) is 17.5. The van der Waals surface area contributed by atoms with E-state index in [4.69, 9.17) is 14.2 Å². The molecule has 36 heavy (non-hydrogen) atoms. The summed E-state index contributed by atoms with van der Waals surface area (Å²) in [5, 5.41) is 8.36. The van der Waals surface area contributed by atoms with Crippen LogP contribution in [0.5, 0.6) is 0 Å². The highest BCUT2D eigenvalue weighted by atomic mass is 32.1. The number of thiazole rings is 1. The molecule has 10 nitrogen and oxygen atoms in total. The number of methoxy groups -OCH3 is 2. The number of carbonyl (C=O) groups is 2. The van der Waals surface area contributed by atoms with E-state index in [9.17, 15) is 9.59 Å². The Bertz CT molecular complexity index is 1060. The lowest BCUT2D eigenvalue weighted by Crippen LogP contribution is -2.36. The van der Waals surface area contributed by atoms with Crippen molar-refractivity contribution in [3.63, 3.8) is 0 Å². The summed E-state index contributed by atoms with van der Waals surface area (Å²) in [5.41, 5.74) is 3.27. The largest absolute Gasteiger partial charge is 0.383 e. The van der Waals surface area contributed by atoms with Crippen LogP contribution in [0.1, 0.15) is 38.4 Å². The summed E-state index contributed by atoms with van der Waals surface area (Å²) in [4.78, 5) is 35.2. The lowest BCUT2D eigenvalue weighted by molar-refractivity contribution is 0.0341. The Morgan fingerprint density at radius 3 is 2.72 bits per heavy atom. The van der Waals surface area contributed by atoms with Crippen LogP contribution in [0.25, 0.3) is 0 Å². The molecule has 0 bridgehead atoms. The van der Waals surface area contributed by atoms with E-state index in [0.717, 1.165) is 55.4 Å². The second kappa shape index (κ2) is 12.6. The number of hydrogen-bond donors (Lipinski definition) is 2. The highest BCUT2D eigenvalue weighted by Crippen LogP contribution is 2.27. The first-order valence-corrected chi connectivity index (χ1v) is 13.1. The van der Waals surface area contributed by atoms with Gasteiger partial charge in [-0.1, -0.05) is 0 Å². The van der Waals surface area contributed by atoms with Crippen molar-refractivity contribution in [2.75, 3.05) is 77.0 Å². The van der Waals surface area contributed by atoms with Crippen molar-refractivity contribution in [3.8, 4) is 0 Å². The molecule has 1 aromatic carbocycles. The molecule has 0 spiro atoms. The van der Waals surface area contributed by atoms with E-state index in [1.807, 2.05) is 19.1 Å². The van der Waals surface area contributed by atoms with Gasteiger partial charge in [0.2, 0.25) is 0 Å². The van der Waals surface area contributed by atoms with Gasteiger partial charge in [0.05, 0.1) is 37.2 Å². The van der Waals surface area contributed by atoms with Crippen LogP contribution >= 0.6 is 11.3 Å². The minimum atomic E-state index is -0.341. The first-order valence-electron chi connectivity index (χ1n) is 12.2. The number of anilines is 2. The third-order valence-corrected chi connectivity index (χ3v) is 7.43. The number of nitrogens with one attached hydrogen (secondary N) is 2. The van der Waals surface area contributed by atoms with Crippen LogP contribution in [0.4, 0.5) is 10.8 Å². The average molecular weight is 518 g/mol. The minimum absolute atomic E-state index is 0.185. The van der Waals surface area contributed by atoms with Crippen molar-refractivity contribution in [2.24, 2.45) is 0 Å². The van der Waals surface area contributed by atoms with Crippen molar-refractivity contribution >= 4 is 34.0 Å². The number of hydrogen-bond acceptors (Lipinski definition) is 9. The van der Waals surface area contributed by atoms with Crippen molar-refractivity contribution in [1.29, 1.82) is 0 Å². The number of amides is 2. The lowest BCUT2D eigenvalue weighted by atomic mass is 10.0. The van der Waals surface area contributed by atoms with Crippen LogP contribution in [0.3, 0.4) is 0 Å². The van der Waals surface area contributed by atoms with E-state index in [-0.39, 0.29) is 17.9 Å². The molecule has 3 heterocycles.